The number of furan rings is 1. The van der Waals surface area contributed by atoms with Crippen molar-refractivity contribution >= 4 is 16.9 Å². The van der Waals surface area contributed by atoms with E-state index >= 15 is 0 Å². The molecule has 0 bridgehead atoms. The van der Waals surface area contributed by atoms with Crippen LogP contribution in [0, 0.1) is 0 Å². The minimum atomic E-state index is -0.163. The summed E-state index contributed by atoms with van der Waals surface area (Å²) in [6, 6.07) is 19.2. The van der Waals surface area contributed by atoms with Crippen LogP contribution in [0.5, 0.6) is 0 Å². The summed E-state index contributed by atoms with van der Waals surface area (Å²) in [5.74, 6) is 1.31. The second-order valence-electron chi connectivity index (χ2n) is 6.60. The Morgan fingerprint density at radius 3 is 2.75 bits per heavy atom. The molecule has 4 aromatic rings. The van der Waals surface area contributed by atoms with Crippen molar-refractivity contribution in [3.8, 4) is 0 Å². The van der Waals surface area contributed by atoms with Gasteiger partial charge in [0.1, 0.15) is 18.2 Å². The SMILES string of the molecule is O=C(NCC[C@@H](c1ccccc1)c1ccco1)c1ccc2nc(CO)[nH]c2c1. The number of fused-ring (bicyclic) bond motifs is 1. The third-order valence-corrected chi connectivity index (χ3v) is 4.75. The molecule has 2 aromatic carbocycles. The number of carbonyl (C=O) groups is 1. The topological polar surface area (TPSA) is 91.2 Å². The number of carbonyl (C=O) groups excluding carboxylic acids is 1. The summed E-state index contributed by atoms with van der Waals surface area (Å²) in [7, 11) is 0. The van der Waals surface area contributed by atoms with Gasteiger partial charge < -0.3 is 19.8 Å². The van der Waals surface area contributed by atoms with Crippen LogP contribution < -0.4 is 5.32 Å². The normalized spacial score (nSPS) is 12.2. The van der Waals surface area contributed by atoms with Gasteiger partial charge in [0.25, 0.3) is 5.91 Å². The van der Waals surface area contributed by atoms with Gasteiger partial charge in [0.05, 0.1) is 17.3 Å². The summed E-state index contributed by atoms with van der Waals surface area (Å²) in [5.41, 5.74) is 3.16. The number of aromatic nitrogens is 2. The van der Waals surface area contributed by atoms with E-state index in [1.807, 2.05) is 30.3 Å². The molecule has 0 unspecified atom stereocenters. The Balaban J connectivity index is 1.43. The fraction of sp³-hybridized carbons (Fsp3) is 0.182. The van der Waals surface area contributed by atoms with Crippen LogP contribution in [0.4, 0.5) is 0 Å². The molecular formula is C22H21N3O3. The van der Waals surface area contributed by atoms with E-state index in [2.05, 4.69) is 27.4 Å². The van der Waals surface area contributed by atoms with E-state index in [1.165, 1.54) is 0 Å². The van der Waals surface area contributed by atoms with Crippen molar-refractivity contribution in [2.24, 2.45) is 0 Å². The maximum Gasteiger partial charge on any atom is 0.251 e. The Kier molecular flexibility index (Phi) is 5.21. The summed E-state index contributed by atoms with van der Waals surface area (Å²) in [5, 5.41) is 12.2. The fourth-order valence-corrected chi connectivity index (χ4v) is 3.36. The lowest BCUT2D eigenvalue weighted by Gasteiger charge is -2.15. The van der Waals surface area contributed by atoms with E-state index in [1.54, 1.807) is 24.5 Å². The lowest BCUT2D eigenvalue weighted by Crippen LogP contribution is -2.25. The molecule has 0 aliphatic rings. The predicted octanol–water partition coefficient (Wildman–Crippen LogP) is 3.60. The van der Waals surface area contributed by atoms with E-state index in [9.17, 15) is 9.90 Å². The number of hydrogen-bond acceptors (Lipinski definition) is 4. The molecule has 142 valence electrons. The molecule has 0 radical (unpaired) electrons. The molecule has 6 nitrogen and oxygen atoms in total. The van der Waals surface area contributed by atoms with E-state index in [0.717, 1.165) is 28.8 Å². The van der Waals surface area contributed by atoms with E-state index in [-0.39, 0.29) is 18.4 Å². The average Bonchev–Trinajstić information content (AvgIpc) is 3.40. The molecule has 1 atom stereocenters. The monoisotopic (exact) mass is 375 g/mol. The highest BCUT2D eigenvalue weighted by Crippen LogP contribution is 2.27. The number of hydrogen-bond donors (Lipinski definition) is 3. The van der Waals surface area contributed by atoms with Crippen LogP contribution in [-0.4, -0.2) is 27.5 Å². The number of amides is 1. The van der Waals surface area contributed by atoms with Gasteiger partial charge in [-0.25, -0.2) is 4.98 Å². The number of rotatable bonds is 7. The molecule has 0 saturated heterocycles. The second kappa shape index (κ2) is 8.10. The van der Waals surface area contributed by atoms with Crippen molar-refractivity contribution in [2.45, 2.75) is 18.9 Å². The third-order valence-electron chi connectivity index (χ3n) is 4.75. The van der Waals surface area contributed by atoms with Crippen LogP contribution in [0.15, 0.2) is 71.3 Å². The molecule has 28 heavy (non-hydrogen) atoms. The van der Waals surface area contributed by atoms with Crippen LogP contribution in [0.2, 0.25) is 0 Å². The van der Waals surface area contributed by atoms with Gasteiger partial charge in [0.15, 0.2) is 0 Å². The Morgan fingerprint density at radius 2 is 2.00 bits per heavy atom. The number of imidazole rings is 1. The average molecular weight is 375 g/mol. The number of nitrogens with zero attached hydrogens (tertiary/aromatic N) is 1. The first kappa shape index (κ1) is 18.0. The maximum absolute atomic E-state index is 12.6. The van der Waals surface area contributed by atoms with Gasteiger partial charge in [0, 0.05) is 18.0 Å². The molecule has 4 rings (SSSR count). The molecule has 2 heterocycles. The Morgan fingerprint density at radius 1 is 1.14 bits per heavy atom. The minimum absolute atomic E-state index is 0.0821. The first-order valence-corrected chi connectivity index (χ1v) is 9.20. The smallest absolute Gasteiger partial charge is 0.251 e. The van der Waals surface area contributed by atoms with Gasteiger partial charge in [-0.05, 0) is 42.3 Å². The van der Waals surface area contributed by atoms with Crippen molar-refractivity contribution in [2.75, 3.05) is 6.54 Å². The number of aliphatic hydroxyl groups is 1. The molecule has 0 aliphatic carbocycles. The molecule has 3 N–H and O–H groups in total. The van der Waals surface area contributed by atoms with Crippen LogP contribution in [-0.2, 0) is 6.61 Å². The third kappa shape index (κ3) is 3.82. The number of H-pyrrole nitrogens is 1. The summed E-state index contributed by atoms with van der Waals surface area (Å²) < 4.78 is 5.61. The van der Waals surface area contributed by atoms with Gasteiger partial charge >= 0.3 is 0 Å². The van der Waals surface area contributed by atoms with Crippen LogP contribution in [0.1, 0.15) is 39.8 Å². The van der Waals surface area contributed by atoms with Gasteiger partial charge in [-0.1, -0.05) is 30.3 Å². The highest BCUT2D eigenvalue weighted by Gasteiger charge is 2.17. The Bertz CT molecular complexity index is 1060. The lowest BCUT2D eigenvalue weighted by atomic mass is 9.93. The number of aromatic amines is 1. The second-order valence-corrected chi connectivity index (χ2v) is 6.60. The molecule has 1 amide bonds. The minimum Gasteiger partial charge on any atom is -0.469 e. The standard InChI is InChI=1S/C22H21N3O3/c26-14-21-24-18-9-8-16(13-19(18)25-21)22(27)23-11-10-17(20-7-4-12-28-20)15-5-2-1-3-6-15/h1-9,12-13,17,26H,10-11,14H2,(H,23,27)(H,24,25)/t17-/m0/s1. The number of aliphatic hydroxyl groups excluding tert-OH is 1. The van der Waals surface area contributed by atoms with E-state index in [0.29, 0.717) is 17.9 Å². The molecule has 0 saturated carbocycles. The predicted molar refractivity (Wildman–Crippen MR) is 106 cm³/mol. The Labute approximate surface area is 162 Å². The zero-order chi connectivity index (χ0) is 19.3. The zero-order valence-corrected chi connectivity index (χ0v) is 15.3. The van der Waals surface area contributed by atoms with Gasteiger partial charge in [-0.2, -0.15) is 0 Å². The van der Waals surface area contributed by atoms with Crippen LogP contribution in [0.25, 0.3) is 11.0 Å². The number of benzene rings is 2. The zero-order valence-electron chi connectivity index (χ0n) is 15.3. The lowest BCUT2D eigenvalue weighted by molar-refractivity contribution is 0.0952. The van der Waals surface area contributed by atoms with Crippen molar-refractivity contribution in [3.05, 3.63) is 89.6 Å². The van der Waals surface area contributed by atoms with E-state index < -0.39 is 0 Å². The van der Waals surface area contributed by atoms with Gasteiger partial charge in [-0.15, -0.1) is 0 Å². The molecule has 0 aliphatic heterocycles. The van der Waals surface area contributed by atoms with Crippen LogP contribution >= 0.6 is 0 Å². The highest BCUT2D eigenvalue weighted by molar-refractivity contribution is 5.97. The van der Waals surface area contributed by atoms with Gasteiger partial charge in [-0.3, -0.25) is 4.79 Å². The summed E-state index contributed by atoms with van der Waals surface area (Å²) >= 11 is 0. The van der Waals surface area contributed by atoms with Crippen molar-refractivity contribution in [3.63, 3.8) is 0 Å². The molecular weight excluding hydrogens is 354 g/mol. The number of nitrogens with one attached hydrogen (secondary N) is 2. The van der Waals surface area contributed by atoms with E-state index in [4.69, 9.17) is 4.42 Å². The Hall–Kier alpha value is -3.38. The first-order chi connectivity index (χ1) is 13.7. The fourth-order valence-electron chi connectivity index (χ4n) is 3.36. The molecule has 6 heteroatoms. The first-order valence-electron chi connectivity index (χ1n) is 9.20. The van der Waals surface area contributed by atoms with Crippen molar-refractivity contribution in [1.29, 1.82) is 0 Å². The molecule has 0 spiro atoms. The quantitative estimate of drug-likeness (QED) is 0.460. The van der Waals surface area contributed by atoms with Gasteiger partial charge in [0.2, 0.25) is 0 Å². The summed E-state index contributed by atoms with van der Waals surface area (Å²) in [6.45, 7) is 0.353. The molecule has 0 fully saturated rings. The summed E-state index contributed by atoms with van der Waals surface area (Å²) in [4.78, 5) is 19.8. The highest BCUT2D eigenvalue weighted by atomic mass is 16.3. The summed E-state index contributed by atoms with van der Waals surface area (Å²) in [6.07, 6.45) is 2.40. The largest absolute Gasteiger partial charge is 0.469 e. The van der Waals surface area contributed by atoms with Crippen molar-refractivity contribution in [1.82, 2.24) is 15.3 Å². The maximum atomic E-state index is 12.6. The van der Waals surface area contributed by atoms with Crippen LogP contribution in [0.3, 0.4) is 0 Å². The molecule has 2 aromatic heterocycles. The van der Waals surface area contributed by atoms with Crippen molar-refractivity contribution < 1.29 is 14.3 Å².